The first-order valence-corrected chi connectivity index (χ1v) is 4.62. The van der Waals surface area contributed by atoms with E-state index in [-0.39, 0.29) is 0 Å². The number of unbranched alkanes of at least 4 members (excludes halogenated alkanes) is 2. The van der Waals surface area contributed by atoms with Crippen molar-refractivity contribution in [1.82, 2.24) is 5.32 Å². The van der Waals surface area contributed by atoms with Crippen LogP contribution in [0.4, 0.5) is 0 Å². The standard InChI is InChI=1S/C8H19N.C2H4/c1-3-5-7-9-8-6-4-2;1-2/h9H,3-8H2,1-2H3;1-2H2. The van der Waals surface area contributed by atoms with Crippen LogP contribution < -0.4 is 5.32 Å². The van der Waals surface area contributed by atoms with Gasteiger partial charge in [-0.1, -0.05) is 26.7 Å². The molecule has 1 nitrogen and oxygen atoms in total. The fourth-order valence-corrected chi connectivity index (χ4v) is 0.729. The zero-order chi connectivity index (χ0) is 8.95. The summed E-state index contributed by atoms with van der Waals surface area (Å²) in [7, 11) is 0. The summed E-state index contributed by atoms with van der Waals surface area (Å²) in [5.41, 5.74) is 0. The maximum absolute atomic E-state index is 3.39. The van der Waals surface area contributed by atoms with E-state index in [1.54, 1.807) is 0 Å². The van der Waals surface area contributed by atoms with Gasteiger partial charge in [0, 0.05) is 0 Å². The van der Waals surface area contributed by atoms with Crippen molar-refractivity contribution in [2.24, 2.45) is 0 Å². The third-order valence-electron chi connectivity index (χ3n) is 1.41. The van der Waals surface area contributed by atoms with Crippen LogP contribution in [0.5, 0.6) is 0 Å². The lowest BCUT2D eigenvalue weighted by Gasteiger charge is -1.99. The third-order valence-corrected chi connectivity index (χ3v) is 1.41. The van der Waals surface area contributed by atoms with Gasteiger partial charge in [0.1, 0.15) is 0 Å². The molecule has 0 rings (SSSR count). The summed E-state index contributed by atoms with van der Waals surface area (Å²) < 4.78 is 0. The molecular weight excluding hydrogens is 134 g/mol. The Kier molecular flexibility index (Phi) is 19.8. The molecular formula is C10H23N. The highest BCUT2D eigenvalue weighted by Crippen LogP contribution is 1.85. The van der Waals surface area contributed by atoms with Gasteiger partial charge in [0.25, 0.3) is 0 Å². The Morgan fingerprint density at radius 1 is 0.909 bits per heavy atom. The van der Waals surface area contributed by atoms with Crippen LogP contribution in [0.25, 0.3) is 0 Å². The van der Waals surface area contributed by atoms with Crippen LogP contribution in [0.15, 0.2) is 13.2 Å². The molecule has 0 amide bonds. The van der Waals surface area contributed by atoms with Gasteiger partial charge in [-0.3, -0.25) is 0 Å². The van der Waals surface area contributed by atoms with Crippen molar-refractivity contribution >= 4 is 0 Å². The first-order valence-electron chi connectivity index (χ1n) is 4.62. The molecule has 68 valence electrons. The van der Waals surface area contributed by atoms with Crippen molar-refractivity contribution in [3.8, 4) is 0 Å². The van der Waals surface area contributed by atoms with E-state index >= 15 is 0 Å². The molecule has 0 aromatic carbocycles. The summed E-state index contributed by atoms with van der Waals surface area (Å²) in [6.45, 7) is 12.9. The number of hydrogen-bond acceptors (Lipinski definition) is 1. The molecule has 0 saturated carbocycles. The second-order valence-electron chi connectivity index (χ2n) is 2.46. The predicted octanol–water partition coefficient (Wildman–Crippen LogP) is 2.98. The maximum atomic E-state index is 3.39. The Bertz CT molecular complexity index is 46.8. The minimum absolute atomic E-state index is 1.20. The van der Waals surface area contributed by atoms with Crippen LogP contribution >= 0.6 is 0 Å². The molecule has 11 heavy (non-hydrogen) atoms. The van der Waals surface area contributed by atoms with Crippen molar-refractivity contribution in [1.29, 1.82) is 0 Å². The summed E-state index contributed by atoms with van der Waals surface area (Å²) in [6, 6.07) is 0. The quantitative estimate of drug-likeness (QED) is 0.461. The van der Waals surface area contributed by atoms with E-state index in [0.29, 0.717) is 0 Å². The average Bonchev–Trinajstić information content (AvgIpc) is 2.08. The molecule has 0 atom stereocenters. The molecule has 1 heteroatoms. The van der Waals surface area contributed by atoms with E-state index < -0.39 is 0 Å². The monoisotopic (exact) mass is 157 g/mol. The average molecular weight is 157 g/mol. The molecule has 0 aliphatic carbocycles. The summed E-state index contributed by atoms with van der Waals surface area (Å²) in [6.07, 6.45) is 5.26. The first-order chi connectivity index (χ1) is 5.41. The number of nitrogens with one attached hydrogen (secondary N) is 1. The van der Waals surface area contributed by atoms with Crippen LogP contribution in [-0.4, -0.2) is 13.1 Å². The Morgan fingerprint density at radius 2 is 1.27 bits per heavy atom. The fraction of sp³-hybridized carbons (Fsp3) is 0.800. The van der Waals surface area contributed by atoms with Crippen molar-refractivity contribution in [3.05, 3.63) is 13.2 Å². The first kappa shape index (κ1) is 13.3. The van der Waals surface area contributed by atoms with Crippen LogP contribution in [-0.2, 0) is 0 Å². The molecule has 0 aliphatic heterocycles. The van der Waals surface area contributed by atoms with Gasteiger partial charge in [-0.05, 0) is 25.9 Å². The molecule has 0 aromatic rings. The van der Waals surface area contributed by atoms with E-state index in [2.05, 4.69) is 32.3 Å². The predicted molar refractivity (Wildman–Crippen MR) is 53.9 cm³/mol. The molecule has 0 bridgehead atoms. The van der Waals surface area contributed by atoms with E-state index in [4.69, 9.17) is 0 Å². The van der Waals surface area contributed by atoms with Gasteiger partial charge in [-0.25, -0.2) is 0 Å². The lowest BCUT2D eigenvalue weighted by molar-refractivity contribution is 0.611. The highest BCUT2D eigenvalue weighted by molar-refractivity contribution is 4.45. The van der Waals surface area contributed by atoms with Crippen LogP contribution in [0.3, 0.4) is 0 Å². The topological polar surface area (TPSA) is 12.0 Å². The normalized spacial score (nSPS) is 8.55. The summed E-state index contributed by atoms with van der Waals surface area (Å²) in [5.74, 6) is 0. The molecule has 1 N–H and O–H groups in total. The zero-order valence-corrected chi connectivity index (χ0v) is 8.16. The van der Waals surface area contributed by atoms with Gasteiger partial charge in [0.05, 0.1) is 0 Å². The second kappa shape index (κ2) is 16.4. The van der Waals surface area contributed by atoms with Crippen molar-refractivity contribution in [3.63, 3.8) is 0 Å². The Morgan fingerprint density at radius 3 is 1.55 bits per heavy atom. The second-order valence-corrected chi connectivity index (χ2v) is 2.46. The van der Waals surface area contributed by atoms with Crippen molar-refractivity contribution in [2.45, 2.75) is 39.5 Å². The zero-order valence-electron chi connectivity index (χ0n) is 8.16. The number of rotatable bonds is 6. The van der Waals surface area contributed by atoms with Gasteiger partial charge in [-0.15, -0.1) is 13.2 Å². The van der Waals surface area contributed by atoms with E-state index in [1.807, 2.05) is 0 Å². The number of hydrogen-bond donors (Lipinski definition) is 1. The summed E-state index contributed by atoms with van der Waals surface area (Å²) in [4.78, 5) is 0. The highest BCUT2D eigenvalue weighted by atomic mass is 14.8. The fourth-order valence-electron chi connectivity index (χ4n) is 0.729. The molecule has 0 aliphatic rings. The Balaban J connectivity index is 0. The molecule has 0 radical (unpaired) electrons. The molecule has 0 heterocycles. The molecule has 0 saturated heterocycles. The van der Waals surface area contributed by atoms with Gasteiger partial charge in [0.15, 0.2) is 0 Å². The minimum Gasteiger partial charge on any atom is -0.317 e. The van der Waals surface area contributed by atoms with Gasteiger partial charge in [-0.2, -0.15) is 0 Å². The largest absolute Gasteiger partial charge is 0.317 e. The highest BCUT2D eigenvalue weighted by Gasteiger charge is 1.83. The summed E-state index contributed by atoms with van der Waals surface area (Å²) >= 11 is 0. The molecule has 0 aromatic heterocycles. The SMILES string of the molecule is C=C.CCCCNCCCC. The van der Waals surface area contributed by atoms with Gasteiger partial charge >= 0.3 is 0 Å². The van der Waals surface area contributed by atoms with E-state index in [1.165, 1.54) is 38.8 Å². The van der Waals surface area contributed by atoms with Crippen molar-refractivity contribution < 1.29 is 0 Å². The smallest absolute Gasteiger partial charge is 0.00490 e. The third kappa shape index (κ3) is 17.7. The Hall–Kier alpha value is -0.300. The van der Waals surface area contributed by atoms with E-state index in [0.717, 1.165) is 0 Å². The van der Waals surface area contributed by atoms with Gasteiger partial charge < -0.3 is 5.32 Å². The molecule has 0 unspecified atom stereocenters. The minimum atomic E-state index is 1.20. The summed E-state index contributed by atoms with van der Waals surface area (Å²) in [5, 5.41) is 3.39. The van der Waals surface area contributed by atoms with Crippen LogP contribution in [0.1, 0.15) is 39.5 Å². The molecule has 0 fully saturated rings. The van der Waals surface area contributed by atoms with Crippen LogP contribution in [0.2, 0.25) is 0 Å². The van der Waals surface area contributed by atoms with Crippen LogP contribution in [0, 0.1) is 0 Å². The lowest BCUT2D eigenvalue weighted by Crippen LogP contribution is -2.15. The Labute approximate surface area is 71.9 Å². The molecule has 0 spiro atoms. The van der Waals surface area contributed by atoms with Crippen molar-refractivity contribution in [2.75, 3.05) is 13.1 Å². The van der Waals surface area contributed by atoms with Gasteiger partial charge in [0.2, 0.25) is 0 Å². The van der Waals surface area contributed by atoms with E-state index in [9.17, 15) is 0 Å². The lowest BCUT2D eigenvalue weighted by atomic mass is 10.3. The maximum Gasteiger partial charge on any atom is -0.00490 e.